The summed E-state index contributed by atoms with van der Waals surface area (Å²) in [6.07, 6.45) is 1.22. The van der Waals surface area contributed by atoms with Gasteiger partial charge in [-0.25, -0.2) is 0 Å². The van der Waals surface area contributed by atoms with Crippen LogP contribution in [0.5, 0.6) is 11.5 Å². The van der Waals surface area contributed by atoms with Crippen LogP contribution in [0.2, 0.25) is 5.02 Å². The molecule has 39 heavy (non-hydrogen) atoms. The minimum absolute atomic E-state index is 0.0348. The third-order valence-electron chi connectivity index (χ3n) is 5.51. The largest absolute Gasteiger partial charge is 0.489 e. The molecule has 0 aliphatic rings. The number of halogens is 1. The number of carbonyl (C=O) groups excluding carboxylic acids is 1. The lowest BCUT2D eigenvalue weighted by atomic mass is 10.1. The summed E-state index contributed by atoms with van der Waals surface area (Å²) < 4.78 is 36.7. The van der Waals surface area contributed by atoms with Gasteiger partial charge in [-0.3, -0.25) is 4.79 Å². The number of nitrogens with zero attached hydrogens (tertiary/aromatic N) is 1. The van der Waals surface area contributed by atoms with Gasteiger partial charge in [-0.15, -0.1) is 0 Å². The number of carbonyl (C=O) groups is 1. The number of rotatable bonds is 9. The summed E-state index contributed by atoms with van der Waals surface area (Å²) >= 11 is 6.11. The molecule has 0 unspecified atom stereocenters. The van der Waals surface area contributed by atoms with Crippen molar-refractivity contribution < 1.29 is 22.1 Å². The van der Waals surface area contributed by atoms with Crippen LogP contribution in [0.15, 0.2) is 108 Å². The lowest BCUT2D eigenvalue weighted by Crippen LogP contribution is -2.14. The third kappa shape index (κ3) is 7.48. The van der Waals surface area contributed by atoms with Crippen LogP contribution in [0, 0.1) is 18.3 Å². The summed E-state index contributed by atoms with van der Waals surface area (Å²) in [5.74, 6) is -0.161. The van der Waals surface area contributed by atoms with E-state index in [0.717, 1.165) is 11.1 Å². The average Bonchev–Trinajstić information content (AvgIpc) is 2.93. The maximum Gasteiger partial charge on any atom is 0.339 e. The highest BCUT2D eigenvalue weighted by molar-refractivity contribution is 7.87. The lowest BCUT2D eigenvalue weighted by molar-refractivity contribution is -0.112. The zero-order valence-electron chi connectivity index (χ0n) is 20.8. The average molecular weight is 559 g/mol. The normalized spacial score (nSPS) is 11.4. The van der Waals surface area contributed by atoms with Crippen LogP contribution < -0.4 is 14.2 Å². The molecule has 0 heterocycles. The molecule has 4 aromatic carbocycles. The van der Waals surface area contributed by atoms with Gasteiger partial charge in [0.05, 0.1) is 0 Å². The van der Waals surface area contributed by atoms with Gasteiger partial charge >= 0.3 is 10.1 Å². The zero-order chi connectivity index (χ0) is 27.8. The van der Waals surface area contributed by atoms with Crippen molar-refractivity contribution in [3.63, 3.8) is 0 Å². The van der Waals surface area contributed by atoms with Crippen LogP contribution in [-0.2, 0) is 21.5 Å². The van der Waals surface area contributed by atoms with Crippen LogP contribution >= 0.6 is 11.6 Å². The number of hydrogen-bond donors (Lipinski definition) is 1. The molecule has 0 aliphatic heterocycles. The predicted octanol–water partition coefficient (Wildman–Crippen LogP) is 6.54. The molecule has 1 amide bonds. The highest BCUT2D eigenvalue weighted by Crippen LogP contribution is 2.29. The van der Waals surface area contributed by atoms with Crippen LogP contribution in [-0.4, -0.2) is 14.3 Å². The second-order valence-electron chi connectivity index (χ2n) is 8.46. The van der Waals surface area contributed by atoms with E-state index in [1.165, 1.54) is 36.4 Å². The quantitative estimate of drug-likeness (QED) is 0.142. The predicted molar refractivity (Wildman–Crippen MR) is 150 cm³/mol. The lowest BCUT2D eigenvalue weighted by Gasteiger charge is -2.11. The van der Waals surface area contributed by atoms with Gasteiger partial charge in [-0.1, -0.05) is 59.6 Å². The summed E-state index contributed by atoms with van der Waals surface area (Å²) in [6, 6.07) is 28.6. The molecule has 0 radical (unpaired) electrons. The number of nitrogens with one attached hydrogen (secondary N) is 1. The van der Waals surface area contributed by atoms with Crippen molar-refractivity contribution in [2.75, 3.05) is 5.32 Å². The summed E-state index contributed by atoms with van der Waals surface area (Å²) in [5.41, 5.74) is 2.23. The Labute approximate surface area is 232 Å². The smallest absolute Gasteiger partial charge is 0.339 e. The molecule has 4 aromatic rings. The molecule has 9 heteroatoms. The summed E-state index contributed by atoms with van der Waals surface area (Å²) in [7, 11) is -4.17. The highest BCUT2D eigenvalue weighted by Gasteiger charge is 2.19. The van der Waals surface area contributed by atoms with E-state index in [2.05, 4.69) is 5.32 Å². The van der Waals surface area contributed by atoms with E-state index >= 15 is 0 Å². The maximum atomic E-state index is 12.9. The summed E-state index contributed by atoms with van der Waals surface area (Å²) in [6.45, 7) is 2.24. The first-order chi connectivity index (χ1) is 18.7. The molecular formula is C30H23ClN2O5S. The Kier molecular flexibility index (Phi) is 8.67. The Balaban J connectivity index is 1.49. The maximum absolute atomic E-state index is 12.9. The molecule has 0 saturated carbocycles. The number of amides is 1. The molecule has 0 spiro atoms. The van der Waals surface area contributed by atoms with Gasteiger partial charge in [0, 0.05) is 16.3 Å². The molecule has 4 rings (SSSR count). The Bertz CT molecular complexity index is 1640. The highest BCUT2D eigenvalue weighted by atomic mass is 35.5. The topological polar surface area (TPSA) is 105 Å². The van der Waals surface area contributed by atoms with Crippen LogP contribution in [0.3, 0.4) is 0 Å². The molecular weight excluding hydrogens is 536 g/mol. The van der Waals surface area contributed by atoms with Gasteiger partial charge in [-0.2, -0.15) is 13.7 Å². The van der Waals surface area contributed by atoms with Gasteiger partial charge in [0.15, 0.2) is 0 Å². The van der Waals surface area contributed by atoms with E-state index in [0.29, 0.717) is 18.0 Å². The van der Waals surface area contributed by atoms with E-state index in [1.807, 2.05) is 43.3 Å². The van der Waals surface area contributed by atoms with Gasteiger partial charge in [0.1, 0.15) is 34.6 Å². The van der Waals surface area contributed by atoms with E-state index in [-0.39, 0.29) is 26.8 Å². The van der Waals surface area contributed by atoms with Crippen LogP contribution in [0.25, 0.3) is 6.08 Å². The van der Waals surface area contributed by atoms with Gasteiger partial charge < -0.3 is 14.2 Å². The van der Waals surface area contributed by atoms with E-state index in [4.69, 9.17) is 20.5 Å². The second-order valence-corrected chi connectivity index (χ2v) is 10.4. The summed E-state index contributed by atoms with van der Waals surface area (Å²) in [5, 5.41) is 12.6. The number of benzene rings is 4. The minimum Gasteiger partial charge on any atom is -0.489 e. The molecule has 0 aliphatic carbocycles. The van der Waals surface area contributed by atoms with Gasteiger partial charge in [0.25, 0.3) is 5.91 Å². The Morgan fingerprint density at radius 1 is 0.974 bits per heavy atom. The summed E-state index contributed by atoms with van der Waals surface area (Å²) in [4.78, 5) is 12.8. The van der Waals surface area contributed by atoms with Crippen molar-refractivity contribution in [3.05, 3.63) is 124 Å². The van der Waals surface area contributed by atoms with Gasteiger partial charge in [0.2, 0.25) is 0 Å². The molecule has 0 aromatic heterocycles. The molecule has 196 valence electrons. The van der Waals surface area contributed by atoms with Crippen molar-refractivity contribution in [2.24, 2.45) is 0 Å². The van der Waals surface area contributed by atoms with Crippen molar-refractivity contribution in [2.45, 2.75) is 18.4 Å². The Morgan fingerprint density at radius 2 is 1.67 bits per heavy atom. The van der Waals surface area contributed by atoms with E-state index < -0.39 is 16.0 Å². The second kappa shape index (κ2) is 12.3. The van der Waals surface area contributed by atoms with Crippen LogP contribution in [0.4, 0.5) is 5.69 Å². The number of aryl methyl sites for hydroxylation is 1. The molecule has 0 fully saturated rings. The third-order valence-corrected chi connectivity index (χ3v) is 6.99. The standard InChI is InChI=1S/C30H23ClN2O5S/c1-21-7-14-28(15-8-21)39(35,36)38-29-16-9-25(31)18-23(29)17-24(19-32)30(34)33-26-10-12-27(13-11-26)37-20-22-5-3-2-4-6-22/h2-18H,20H2,1H3,(H,33,34)/b24-17+. The van der Waals surface area contributed by atoms with Gasteiger partial charge in [-0.05, 0) is 73.2 Å². The van der Waals surface area contributed by atoms with Crippen LogP contribution in [0.1, 0.15) is 16.7 Å². The SMILES string of the molecule is Cc1ccc(S(=O)(=O)Oc2ccc(Cl)cc2/C=C(\C#N)C(=O)Nc2ccc(OCc3ccccc3)cc2)cc1. The zero-order valence-corrected chi connectivity index (χ0v) is 22.4. The Morgan fingerprint density at radius 3 is 2.33 bits per heavy atom. The van der Waals surface area contributed by atoms with E-state index in [1.54, 1.807) is 36.4 Å². The number of hydrogen-bond acceptors (Lipinski definition) is 6. The molecule has 0 atom stereocenters. The number of nitriles is 1. The first kappa shape index (κ1) is 27.5. The fourth-order valence-corrected chi connectivity index (χ4v) is 4.59. The number of ether oxygens (including phenoxy) is 1. The van der Waals surface area contributed by atoms with Crippen molar-refractivity contribution in [1.82, 2.24) is 0 Å². The number of anilines is 1. The molecule has 0 bridgehead atoms. The van der Waals surface area contributed by atoms with Crippen molar-refractivity contribution in [3.8, 4) is 17.6 Å². The monoisotopic (exact) mass is 558 g/mol. The first-order valence-corrected chi connectivity index (χ1v) is 13.5. The molecule has 1 N–H and O–H groups in total. The fourth-order valence-electron chi connectivity index (χ4n) is 3.46. The van der Waals surface area contributed by atoms with Crippen molar-refractivity contribution >= 4 is 39.4 Å². The minimum atomic E-state index is -4.17. The van der Waals surface area contributed by atoms with Crippen molar-refractivity contribution in [1.29, 1.82) is 5.26 Å². The molecule has 7 nitrogen and oxygen atoms in total. The first-order valence-electron chi connectivity index (χ1n) is 11.7. The van der Waals surface area contributed by atoms with E-state index in [9.17, 15) is 18.5 Å². The Hall–Kier alpha value is -4.58. The molecule has 0 saturated heterocycles. The fraction of sp³-hybridized carbons (Fsp3) is 0.0667.